The number of rotatable bonds is 5. The first-order valence-electron chi connectivity index (χ1n) is 10.8. The molecule has 5 rings (SSSR count). The Morgan fingerprint density at radius 3 is 2.75 bits per heavy atom. The van der Waals surface area contributed by atoms with Gasteiger partial charge in [-0.15, -0.1) is 0 Å². The average molecular weight is 434 g/mol. The van der Waals surface area contributed by atoms with Crippen molar-refractivity contribution in [3.8, 4) is 5.75 Å². The van der Waals surface area contributed by atoms with E-state index in [4.69, 9.17) is 9.47 Å². The van der Waals surface area contributed by atoms with Crippen molar-refractivity contribution < 1.29 is 14.3 Å². The lowest BCUT2D eigenvalue weighted by molar-refractivity contribution is -0.0599. The molecule has 0 aliphatic carbocycles. The Labute approximate surface area is 187 Å². The van der Waals surface area contributed by atoms with Gasteiger partial charge in [0.25, 0.3) is 0 Å². The number of likely N-dealkylation sites (N-methyl/N-ethyl adjacent to an activating group) is 1. The van der Waals surface area contributed by atoms with Gasteiger partial charge in [0.15, 0.2) is 5.60 Å². The summed E-state index contributed by atoms with van der Waals surface area (Å²) in [6.45, 7) is 6.20. The minimum atomic E-state index is -0.447. The van der Waals surface area contributed by atoms with Crippen LogP contribution in [0.2, 0.25) is 0 Å². The first-order valence-corrected chi connectivity index (χ1v) is 10.8. The Kier molecular flexibility index (Phi) is 4.89. The highest BCUT2D eigenvalue weighted by Gasteiger charge is 2.53. The molecule has 2 aliphatic rings. The molecule has 2 saturated heterocycles. The number of nitrogens with zero attached hydrogens (tertiary/aromatic N) is 4. The van der Waals surface area contributed by atoms with Gasteiger partial charge in [-0.3, -0.25) is 9.80 Å². The van der Waals surface area contributed by atoms with Gasteiger partial charge in [0.2, 0.25) is 0 Å². The lowest BCUT2D eigenvalue weighted by Crippen LogP contribution is -2.62. The fourth-order valence-corrected chi connectivity index (χ4v) is 4.79. The van der Waals surface area contributed by atoms with Gasteiger partial charge in [-0.05, 0) is 43.7 Å². The lowest BCUT2D eigenvalue weighted by atomic mass is 9.95. The first kappa shape index (κ1) is 20.5. The number of carbonyl (C=O) groups is 1. The van der Waals surface area contributed by atoms with Gasteiger partial charge in [0, 0.05) is 30.2 Å². The van der Waals surface area contributed by atoms with Gasteiger partial charge in [0.05, 0.1) is 24.9 Å². The van der Waals surface area contributed by atoms with E-state index in [1.165, 1.54) is 17.5 Å². The number of aryl methyl sites for hydroxylation is 1. The van der Waals surface area contributed by atoms with Crippen molar-refractivity contribution in [3.63, 3.8) is 0 Å². The molecule has 0 radical (unpaired) electrons. The molecule has 0 saturated carbocycles. The molecule has 2 aromatic carbocycles. The van der Waals surface area contributed by atoms with Crippen molar-refractivity contribution in [3.05, 3.63) is 47.8 Å². The van der Waals surface area contributed by atoms with E-state index in [9.17, 15) is 4.79 Å². The third kappa shape index (κ3) is 3.31. The van der Waals surface area contributed by atoms with Crippen molar-refractivity contribution in [2.45, 2.75) is 25.9 Å². The Bertz CT molecular complexity index is 1210. The molecule has 32 heavy (non-hydrogen) atoms. The molecule has 166 valence electrons. The van der Waals surface area contributed by atoms with Gasteiger partial charge in [-0.25, -0.2) is 14.8 Å². The Balaban J connectivity index is 1.56. The minimum Gasteiger partial charge on any atom is -0.494 e. The van der Waals surface area contributed by atoms with Crippen LogP contribution < -0.4 is 15.0 Å². The van der Waals surface area contributed by atoms with E-state index in [2.05, 4.69) is 40.1 Å². The molecule has 2 aliphatic heterocycles. The van der Waals surface area contributed by atoms with Crippen LogP contribution in [0.3, 0.4) is 0 Å². The summed E-state index contributed by atoms with van der Waals surface area (Å²) in [7, 11) is 3.61. The summed E-state index contributed by atoms with van der Waals surface area (Å²) < 4.78 is 11.4. The maximum absolute atomic E-state index is 12.8. The number of methoxy groups -OCH3 is 1. The van der Waals surface area contributed by atoms with E-state index in [0.717, 1.165) is 36.1 Å². The fourth-order valence-electron chi connectivity index (χ4n) is 4.79. The van der Waals surface area contributed by atoms with Crippen LogP contribution in [0.1, 0.15) is 18.1 Å². The summed E-state index contributed by atoms with van der Waals surface area (Å²) in [5.74, 6) is 1.26. The Morgan fingerprint density at radius 1 is 1.22 bits per heavy atom. The standard InChI is InChI=1S/C24H27N5O3/c1-5-16-7-6-8-18(15(16)2)27-22-17-9-20(21(31-4)10-19(17)25-14-26-22)29-13-24(32-23(29)30)11-28(3)12-24/h6-10,14H,5,11-13H2,1-4H3,(H,25,26,27). The highest BCUT2D eigenvalue weighted by molar-refractivity contribution is 6.00. The summed E-state index contributed by atoms with van der Waals surface area (Å²) in [6.07, 6.45) is 2.14. The largest absolute Gasteiger partial charge is 0.494 e. The molecule has 8 nitrogen and oxygen atoms in total. The van der Waals surface area contributed by atoms with Crippen molar-refractivity contribution in [2.75, 3.05) is 44.0 Å². The topological polar surface area (TPSA) is 79.8 Å². The molecule has 1 amide bonds. The third-order valence-electron chi connectivity index (χ3n) is 6.39. The van der Waals surface area contributed by atoms with Crippen molar-refractivity contribution in [1.82, 2.24) is 14.9 Å². The highest BCUT2D eigenvalue weighted by Crippen LogP contribution is 2.41. The smallest absolute Gasteiger partial charge is 0.415 e. The van der Waals surface area contributed by atoms with E-state index < -0.39 is 5.60 Å². The molecule has 3 aromatic rings. The Hall–Kier alpha value is -3.39. The molecule has 1 N–H and O–H groups in total. The number of fused-ring (bicyclic) bond motifs is 1. The SMILES string of the molecule is CCc1cccc(Nc2ncnc3cc(OC)c(N4CC5(CN(C)C5)OC4=O)cc23)c1C. The second kappa shape index (κ2) is 7.63. The number of carbonyl (C=O) groups excluding carboxylic acids is 1. The molecule has 1 spiro atoms. The summed E-state index contributed by atoms with van der Waals surface area (Å²) in [5, 5.41) is 4.28. The molecule has 3 heterocycles. The number of anilines is 3. The maximum Gasteiger partial charge on any atom is 0.415 e. The first-order chi connectivity index (χ1) is 15.4. The molecular weight excluding hydrogens is 406 g/mol. The summed E-state index contributed by atoms with van der Waals surface area (Å²) in [5.41, 5.74) is 4.42. The molecule has 8 heteroatoms. The van der Waals surface area contributed by atoms with Gasteiger partial charge in [-0.1, -0.05) is 19.1 Å². The monoisotopic (exact) mass is 433 g/mol. The van der Waals surface area contributed by atoms with Gasteiger partial charge >= 0.3 is 6.09 Å². The second-order valence-electron chi connectivity index (χ2n) is 8.64. The van der Waals surface area contributed by atoms with Crippen LogP contribution in [0.25, 0.3) is 10.9 Å². The van der Waals surface area contributed by atoms with Gasteiger partial charge in [0.1, 0.15) is 17.9 Å². The molecular formula is C24H27N5O3. The van der Waals surface area contributed by atoms with Crippen molar-refractivity contribution in [1.29, 1.82) is 0 Å². The zero-order valence-electron chi connectivity index (χ0n) is 18.8. The van der Waals surface area contributed by atoms with Crippen LogP contribution in [0, 0.1) is 6.92 Å². The summed E-state index contributed by atoms with van der Waals surface area (Å²) in [6, 6.07) is 9.98. The van der Waals surface area contributed by atoms with Gasteiger partial charge in [-0.2, -0.15) is 0 Å². The molecule has 0 atom stereocenters. The highest BCUT2D eigenvalue weighted by atomic mass is 16.6. The average Bonchev–Trinajstić information content (AvgIpc) is 3.11. The van der Waals surface area contributed by atoms with E-state index in [1.54, 1.807) is 12.0 Å². The number of aromatic nitrogens is 2. The number of benzene rings is 2. The van der Waals surface area contributed by atoms with Crippen LogP contribution in [0.15, 0.2) is 36.7 Å². The number of hydrogen-bond acceptors (Lipinski definition) is 7. The van der Waals surface area contributed by atoms with Gasteiger partial charge < -0.3 is 14.8 Å². The zero-order valence-corrected chi connectivity index (χ0v) is 18.8. The zero-order chi connectivity index (χ0) is 22.5. The Morgan fingerprint density at radius 2 is 2.03 bits per heavy atom. The number of likely N-dealkylation sites (tertiary alicyclic amines) is 1. The van der Waals surface area contributed by atoms with Crippen LogP contribution in [0.4, 0.5) is 22.0 Å². The summed E-state index contributed by atoms with van der Waals surface area (Å²) >= 11 is 0. The predicted molar refractivity (Wildman–Crippen MR) is 124 cm³/mol. The number of amides is 1. The molecule has 0 unspecified atom stereocenters. The second-order valence-corrected chi connectivity index (χ2v) is 8.64. The number of ether oxygens (including phenoxy) is 2. The normalized spacial score (nSPS) is 17.5. The number of nitrogens with one attached hydrogen (secondary N) is 1. The fraction of sp³-hybridized carbons (Fsp3) is 0.375. The van der Waals surface area contributed by atoms with E-state index in [0.29, 0.717) is 23.8 Å². The quantitative estimate of drug-likeness (QED) is 0.654. The van der Waals surface area contributed by atoms with Crippen molar-refractivity contribution >= 4 is 34.2 Å². The van der Waals surface area contributed by atoms with Crippen LogP contribution >= 0.6 is 0 Å². The lowest BCUT2D eigenvalue weighted by Gasteiger charge is -2.43. The maximum atomic E-state index is 12.8. The van der Waals surface area contributed by atoms with E-state index in [-0.39, 0.29) is 6.09 Å². The molecule has 1 aromatic heterocycles. The van der Waals surface area contributed by atoms with Crippen LogP contribution in [0.5, 0.6) is 5.75 Å². The van der Waals surface area contributed by atoms with E-state index in [1.807, 2.05) is 31.3 Å². The molecule has 0 bridgehead atoms. The molecule has 2 fully saturated rings. The number of hydrogen-bond donors (Lipinski definition) is 1. The van der Waals surface area contributed by atoms with Crippen LogP contribution in [-0.4, -0.2) is 60.4 Å². The summed E-state index contributed by atoms with van der Waals surface area (Å²) in [4.78, 5) is 25.5. The third-order valence-corrected chi connectivity index (χ3v) is 6.39. The van der Waals surface area contributed by atoms with E-state index >= 15 is 0 Å². The van der Waals surface area contributed by atoms with Crippen molar-refractivity contribution in [2.24, 2.45) is 0 Å². The van der Waals surface area contributed by atoms with Crippen LogP contribution in [-0.2, 0) is 11.2 Å². The predicted octanol–water partition coefficient (Wildman–Crippen LogP) is 3.89. The minimum absolute atomic E-state index is 0.353.